The molecule has 0 spiro atoms. The molecular formula is C31H29F3I2N2O3. The smallest absolute Gasteiger partial charge is 0.338 e. The summed E-state index contributed by atoms with van der Waals surface area (Å²) in [4.78, 5) is 26.1. The zero-order valence-corrected chi connectivity index (χ0v) is 26.9. The van der Waals surface area contributed by atoms with Gasteiger partial charge in [-0.25, -0.2) is 18.0 Å². The van der Waals surface area contributed by atoms with E-state index in [4.69, 9.17) is 10.1 Å². The van der Waals surface area contributed by atoms with Gasteiger partial charge in [0.25, 0.3) is 0 Å². The Morgan fingerprint density at radius 2 is 1.83 bits per heavy atom. The van der Waals surface area contributed by atoms with Crippen LogP contribution in [-0.2, 0) is 23.0 Å². The van der Waals surface area contributed by atoms with E-state index in [1.54, 1.807) is 83.4 Å². The second-order valence-electron chi connectivity index (χ2n) is 9.97. The van der Waals surface area contributed by atoms with Crippen LogP contribution in [0.4, 0.5) is 18.9 Å². The number of Topliss-reactive ketones (excluding diaryl/α,β-unsaturated/α-hetero) is 1. The number of halogens is 5. The second kappa shape index (κ2) is 12.8. The quantitative estimate of drug-likeness (QED) is 0.0837. The molecule has 3 aromatic carbocycles. The minimum Gasteiger partial charge on any atom is -0.462 e. The maximum atomic E-state index is 15.6. The lowest BCUT2D eigenvalue weighted by atomic mass is 9.87. The summed E-state index contributed by atoms with van der Waals surface area (Å²) in [5, 5.41) is 10.5. The van der Waals surface area contributed by atoms with Crippen LogP contribution < -0.4 is 5.32 Å². The number of carbonyl (C=O) groups excluding carboxylic acids is 2. The Labute approximate surface area is 264 Å². The first-order valence-corrected chi connectivity index (χ1v) is 15.3. The molecule has 41 heavy (non-hydrogen) atoms. The Morgan fingerprint density at radius 3 is 2.41 bits per heavy atom. The van der Waals surface area contributed by atoms with Gasteiger partial charge in [-0.1, -0.05) is 24.3 Å². The van der Waals surface area contributed by atoms with Gasteiger partial charge in [0.2, 0.25) is 1.68 Å². The molecule has 1 saturated carbocycles. The fourth-order valence-corrected chi connectivity index (χ4v) is 5.79. The molecular weight excluding hydrogens is 759 g/mol. The van der Waals surface area contributed by atoms with Gasteiger partial charge in [0.1, 0.15) is 17.4 Å². The van der Waals surface area contributed by atoms with Crippen LogP contribution in [0.25, 0.3) is 11.1 Å². The molecule has 1 aliphatic carbocycles. The van der Waals surface area contributed by atoms with E-state index >= 15 is 4.39 Å². The van der Waals surface area contributed by atoms with Crippen LogP contribution in [0.2, 0.25) is 0 Å². The summed E-state index contributed by atoms with van der Waals surface area (Å²) in [7, 11) is 1.69. The largest absolute Gasteiger partial charge is 0.462 e. The van der Waals surface area contributed by atoms with Crippen LogP contribution in [0.5, 0.6) is 0 Å². The number of alkyl halides is 3. The van der Waals surface area contributed by atoms with Gasteiger partial charge in [0.15, 0.2) is 0 Å². The Kier molecular flexibility index (Phi) is 9.82. The summed E-state index contributed by atoms with van der Waals surface area (Å²) in [5.74, 6) is -1.95. The van der Waals surface area contributed by atoms with Crippen LogP contribution in [0.15, 0.2) is 48.5 Å². The summed E-state index contributed by atoms with van der Waals surface area (Å²) in [6.07, 6.45) is 3.10. The monoisotopic (exact) mass is 788 g/mol. The first-order valence-electron chi connectivity index (χ1n) is 13.2. The Morgan fingerprint density at radius 1 is 1.10 bits per heavy atom. The fraction of sp³-hybridized carbons (Fsp3) is 0.323. The highest BCUT2D eigenvalue weighted by Crippen LogP contribution is 2.52. The second-order valence-corrected chi connectivity index (χ2v) is 15.0. The number of ether oxygens (including phenoxy) is 1. The summed E-state index contributed by atoms with van der Waals surface area (Å²) in [5.41, 5.74) is 1.98. The molecule has 0 aliphatic heterocycles. The van der Waals surface area contributed by atoms with E-state index in [2.05, 4.69) is 5.32 Å². The molecule has 0 amide bonds. The van der Waals surface area contributed by atoms with E-state index in [0.717, 1.165) is 6.07 Å². The van der Waals surface area contributed by atoms with Gasteiger partial charge in [-0.15, -0.1) is 0 Å². The number of nitrogens with one attached hydrogen (secondary N) is 2. The van der Waals surface area contributed by atoms with Crippen molar-refractivity contribution in [2.45, 2.75) is 46.1 Å². The normalized spacial score (nSPS) is 13.9. The van der Waals surface area contributed by atoms with Crippen LogP contribution in [0.3, 0.4) is 0 Å². The summed E-state index contributed by atoms with van der Waals surface area (Å²) >= 11 is 3.18. The number of esters is 1. The lowest BCUT2D eigenvalue weighted by Gasteiger charge is -2.18. The number of hydrogen-bond donors (Lipinski definition) is 2. The molecule has 0 radical (unpaired) electrons. The molecule has 0 aromatic heterocycles. The number of anilines is 1. The number of rotatable bonds is 12. The summed E-state index contributed by atoms with van der Waals surface area (Å²) in [6, 6.07) is 12.1. The molecule has 216 valence electrons. The van der Waals surface area contributed by atoms with Gasteiger partial charge < -0.3 is 15.5 Å². The van der Waals surface area contributed by atoms with Crippen molar-refractivity contribution in [1.82, 2.24) is 0 Å². The van der Waals surface area contributed by atoms with Gasteiger partial charge >= 0.3 is 5.97 Å². The molecule has 1 fully saturated rings. The highest BCUT2D eigenvalue weighted by atomic mass is 127. The van der Waals surface area contributed by atoms with E-state index in [1.165, 1.54) is 24.4 Å². The van der Waals surface area contributed by atoms with E-state index in [9.17, 15) is 18.4 Å². The van der Waals surface area contributed by atoms with Crippen molar-refractivity contribution < 1.29 is 27.5 Å². The van der Waals surface area contributed by atoms with E-state index < -0.39 is 24.7 Å². The topological polar surface area (TPSA) is 79.2 Å². The summed E-state index contributed by atoms with van der Waals surface area (Å²) in [6.45, 7) is 1.79. The Hall–Kier alpha value is -2.48. The molecule has 0 unspecified atom stereocenters. The SMILES string of the molecule is CCOC(=O)c1cc(CCCC(=O)C2(c3ccc(C(F)(I)I)cc3F)CC2)cc(F)c1-c1ccc(C=N)c(NC)c1. The van der Waals surface area contributed by atoms with Crippen molar-refractivity contribution in [3.05, 3.63) is 88.0 Å². The van der Waals surface area contributed by atoms with E-state index in [1.807, 2.05) is 0 Å². The van der Waals surface area contributed by atoms with E-state index in [0.29, 0.717) is 53.6 Å². The first kappa shape index (κ1) is 31.5. The average molecular weight is 788 g/mol. The average Bonchev–Trinajstić information content (AvgIpc) is 3.74. The van der Waals surface area contributed by atoms with Crippen molar-refractivity contribution in [3.8, 4) is 11.1 Å². The van der Waals surface area contributed by atoms with Crippen LogP contribution in [-0.4, -0.2) is 31.6 Å². The maximum Gasteiger partial charge on any atom is 0.338 e. The van der Waals surface area contributed by atoms with Crippen molar-refractivity contribution in [3.63, 3.8) is 0 Å². The van der Waals surface area contributed by atoms with Crippen molar-refractivity contribution in [2.24, 2.45) is 0 Å². The maximum absolute atomic E-state index is 15.6. The molecule has 0 heterocycles. The number of hydrogen-bond acceptors (Lipinski definition) is 5. The third-order valence-corrected chi connectivity index (χ3v) is 8.62. The third kappa shape index (κ3) is 6.79. The highest BCUT2D eigenvalue weighted by molar-refractivity contribution is 14.2. The minimum absolute atomic E-state index is 0.0770. The number of ketones is 1. The summed E-state index contributed by atoms with van der Waals surface area (Å²) < 4.78 is 48.2. The van der Waals surface area contributed by atoms with Crippen LogP contribution >= 0.6 is 45.2 Å². The molecule has 4 rings (SSSR count). The number of carbonyl (C=O) groups is 2. The van der Waals surface area contributed by atoms with Crippen molar-refractivity contribution in [1.29, 1.82) is 5.41 Å². The molecule has 10 heteroatoms. The van der Waals surface area contributed by atoms with Gasteiger partial charge in [0.05, 0.1) is 17.6 Å². The van der Waals surface area contributed by atoms with Crippen molar-refractivity contribution in [2.75, 3.05) is 19.0 Å². The fourth-order valence-electron chi connectivity index (χ4n) is 5.12. The molecule has 0 atom stereocenters. The first-order chi connectivity index (χ1) is 19.4. The van der Waals surface area contributed by atoms with Crippen LogP contribution in [0, 0.1) is 17.0 Å². The van der Waals surface area contributed by atoms with Crippen molar-refractivity contribution >= 4 is 68.8 Å². The predicted molar refractivity (Wildman–Crippen MR) is 171 cm³/mol. The standard InChI is InChI=1S/C31H29F3I2N2O3/c1-3-41-29(40)22-13-18(14-25(33)28(22)19-7-8-20(17-37)26(15-19)38-2)5-4-6-27(39)30(11-12-30)23-10-9-21(16-24(23)32)31(34,35)36/h7-10,13-17,37-38H,3-6,11-12H2,1-2H3. The number of benzene rings is 3. The predicted octanol–water partition coefficient (Wildman–Crippen LogP) is 8.42. The molecule has 3 aromatic rings. The molecule has 5 nitrogen and oxygen atoms in total. The number of aryl methyl sites for hydroxylation is 1. The van der Waals surface area contributed by atoms with Gasteiger partial charge in [-0.05, 0) is 113 Å². The van der Waals surface area contributed by atoms with Gasteiger partial charge in [-0.3, -0.25) is 4.79 Å². The lowest BCUT2D eigenvalue weighted by Crippen LogP contribution is -2.22. The zero-order valence-electron chi connectivity index (χ0n) is 22.6. The van der Waals surface area contributed by atoms with Crippen LogP contribution in [0.1, 0.15) is 65.2 Å². The zero-order chi connectivity index (χ0) is 29.9. The van der Waals surface area contributed by atoms with E-state index in [-0.39, 0.29) is 35.5 Å². The Bertz CT molecular complexity index is 1500. The molecule has 1 aliphatic rings. The molecule has 2 N–H and O–H groups in total. The highest BCUT2D eigenvalue weighted by Gasteiger charge is 2.51. The lowest BCUT2D eigenvalue weighted by molar-refractivity contribution is -0.121. The molecule has 0 saturated heterocycles. The third-order valence-electron chi connectivity index (χ3n) is 7.38. The van der Waals surface area contributed by atoms with Gasteiger partial charge in [0, 0.05) is 47.6 Å². The minimum atomic E-state index is -1.75. The molecule has 0 bridgehead atoms. The van der Waals surface area contributed by atoms with Gasteiger partial charge in [-0.2, -0.15) is 0 Å². The Balaban J connectivity index is 1.54.